The van der Waals surface area contributed by atoms with Crippen molar-refractivity contribution in [3.63, 3.8) is 0 Å². The number of para-hydroxylation sites is 1. The van der Waals surface area contributed by atoms with Gasteiger partial charge < -0.3 is 9.88 Å². The Bertz CT molecular complexity index is 556. The Kier molecular flexibility index (Phi) is 2.44. The van der Waals surface area contributed by atoms with E-state index in [-0.39, 0.29) is 0 Å². The Hall–Kier alpha value is -1.35. The number of nitrogens with zero attached hydrogens (tertiary/aromatic N) is 2. The second-order valence-electron chi connectivity index (χ2n) is 5.21. The van der Waals surface area contributed by atoms with Crippen LogP contribution in [0.4, 0.5) is 0 Å². The Balaban J connectivity index is 2.18. The van der Waals surface area contributed by atoms with Gasteiger partial charge in [-0.1, -0.05) is 19.1 Å². The van der Waals surface area contributed by atoms with E-state index in [4.69, 9.17) is 4.98 Å². The normalized spacial score (nSPS) is 24.6. The summed E-state index contributed by atoms with van der Waals surface area (Å²) < 4.78 is 2.28. The van der Waals surface area contributed by atoms with Crippen molar-refractivity contribution in [3.8, 4) is 0 Å². The van der Waals surface area contributed by atoms with Crippen molar-refractivity contribution in [1.82, 2.24) is 14.9 Å². The summed E-state index contributed by atoms with van der Waals surface area (Å²) in [5, 5.41) is 3.45. The molecule has 17 heavy (non-hydrogen) atoms. The lowest BCUT2D eigenvalue weighted by atomic mass is 9.97. The number of rotatable bonds is 1. The quantitative estimate of drug-likeness (QED) is 0.812. The topological polar surface area (TPSA) is 29.9 Å². The van der Waals surface area contributed by atoms with E-state index in [0.717, 1.165) is 18.6 Å². The third-order valence-corrected chi connectivity index (χ3v) is 3.98. The number of benzene rings is 1. The fourth-order valence-corrected chi connectivity index (χ4v) is 2.97. The molecule has 1 saturated heterocycles. The van der Waals surface area contributed by atoms with Crippen LogP contribution in [0.3, 0.4) is 0 Å². The van der Waals surface area contributed by atoms with Crippen molar-refractivity contribution in [2.24, 2.45) is 13.0 Å². The van der Waals surface area contributed by atoms with Gasteiger partial charge in [0.15, 0.2) is 0 Å². The standard InChI is InChI=1S/C14H19N3/c1-9-5-4-6-12-13(9)17(3)14(16-12)11-8-15-7-10(11)2/h4-6,10-11,15H,7-8H2,1-3H3/t10-,11-/m1/s1. The minimum Gasteiger partial charge on any atom is -0.331 e. The van der Waals surface area contributed by atoms with Crippen LogP contribution in [0.1, 0.15) is 24.2 Å². The van der Waals surface area contributed by atoms with Crippen molar-refractivity contribution < 1.29 is 0 Å². The zero-order valence-electron chi connectivity index (χ0n) is 10.7. The molecule has 0 spiro atoms. The largest absolute Gasteiger partial charge is 0.331 e. The van der Waals surface area contributed by atoms with Gasteiger partial charge in [-0.25, -0.2) is 4.98 Å². The van der Waals surface area contributed by atoms with E-state index in [1.54, 1.807) is 0 Å². The number of hydrogen-bond acceptors (Lipinski definition) is 2. The maximum Gasteiger partial charge on any atom is 0.114 e. The van der Waals surface area contributed by atoms with Gasteiger partial charge in [0.05, 0.1) is 11.0 Å². The number of hydrogen-bond donors (Lipinski definition) is 1. The lowest BCUT2D eigenvalue weighted by Crippen LogP contribution is -2.13. The summed E-state index contributed by atoms with van der Waals surface area (Å²) in [6, 6.07) is 6.35. The van der Waals surface area contributed by atoms with Gasteiger partial charge in [0.2, 0.25) is 0 Å². The maximum absolute atomic E-state index is 4.83. The molecule has 3 nitrogen and oxygen atoms in total. The molecule has 1 aliphatic heterocycles. The molecule has 1 aromatic carbocycles. The molecule has 0 bridgehead atoms. The van der Waals surface area contributed by atoms with Gasteiger partial charge in [0.25, 0.3) is 0 Å². The van der Waals surface area contributed by atoms with Crippen molar-refractivity contribution in [1.29, 1.82) is 0 Å². The highest BCUT2D eigenvalue weighted by molar-refractivity contribution is 5.79. The molecule has 0 radical (unpaired) electrons. The summed E-state index contributed by atoms with van der Waals surface area (Å²) in [6.45, 7) is 6.62. The minimum absolute atomic E-state index is 0.548. The van der Waals surface area contributed by atoms with E-state index < -0.39 is 0 Å². The predicted octanol–water partition coefficient (Wildman–Crippen LogP) is 2.20. The Morgan fingerprint density at radius 2 is 2.18 bits per heavy atom. The van der Waals surface area contributed by atoms with Crippen molar-refractivity contribution in [2.45, 2.75) is 19.8 Å². The monoisotopic (exact) mass is 229 g/mol. The van der Waals surface area contributed by atoms with Gasteiger partial charge in [0.1, 0.15) is 5.82 Å². The lowest BCUT2D eigenvalue weighted by molar-refractivity contribution is 0.533. The van der Waals surface area contributed by atoms with E-state index >= 15 is 0 Å². The molecule has 0 amide bonds. The zero-order valence-corrected chi connectivity index (χ0v) is 10.7. The second kappa shape index (κ2) is 3.84. The van der Waals surface area contributed by atoms with E-state index in [1.807, 2.05) is 0 Å². The van der Waals surface area contributed by atoms with Crippen LogP contribution in [0.5, 0.6) is 0 Å². The molecule has 1 aliphatic rings. The van der Waals surface area contributed by atoms with Crippen LogP contribution in [0.15, 0.2) is 18.2 Å². The number of aryl methyl sites for hydroxylation is 2. The molecule has 2 heterocycles. The van der Waals surface area contributed by atoms with Crippen molar-refractivity contribution in [3.05, 3.63) is 29.6 Å². The van der Waals surface area contributed by atoms with E-state index in [1.165, 1.54) is 16.9 Å². The van der Waals surface area contributed by atoms with Crippen LogP contribution in [0.25, 0.3) is 11.0 Å². The van der Waals surface area contributed by atoms with Gasteiger partial charge in [-0.3, -0.25) is 0 Å². The smallest absolute Gasteiger partial charge is 0.114 e. The van der Waals surface area contributed by atoms with Crippen LogP contribution in [-0.2, 0) is 7.05 Å². The summed E-state index contributed by atoms with van der Waals surface area (Å²) in [7, 11) is 2.14. The molecule has 3 heteroatoms. The fraction of sp³-hybridized carbons (Fsp3) is 0.500. The third-order valence-electron chi connectivity index (χ3n) is 3.98. The third kappa shape index (κ3) is 1.57. The molecular formula is C14H19N3. The molecule has 3 rings (SSSR count). The summed E-state index contributed by atoms with van der Waals surface area (Å²) in [5.74, 6) is 2.45. The van der Waals surface area contributed by atoms with Gasteiger partial charge in [-0.2, -0.15) is 0 Å². The lowest BCUT2D eigenvalue weighted by Gasteiger charge is -2.14. The fourth-order valence-electron chi connectivity index (χ4n) is 2.97. The second-order valence-corrected chi connectivity index (χ2v) is 5.21. The molecule has 0 saturated carbocycles. The Labute approximate surface area is 102 Å². The molecule has 2 aromatic rings. The summed E-state index contributed by atoms with van der Waals surface area (Å²) in [6.07, 6.45) is 0. The minimum atomic E-state index is 0.548. The number of nitrogens with one attached hydrogen (secondary N) is 1. The first-order valence-corrected chi connectivity index (χ1v) is 6.31. The van der Waals surface area contributed by atoms with Gasteiger partial charge in [-0.05, 0) is 31.0 Å². The summed E-state index contributed by atoms with van der Waals surface area (Å²) >= 11 is 0. The first-order chi connectivity index (χ1) is 8.18. The molecular weight excluding hydrogens is 210 g/mol. The molecule has 90 valence electrons. The molecule has 1 aromatic heterocycles. The number of imidazole rings is 1. The van der Waals surface area contributed by atoms with Crippen LogP contribution in [-0.4, -0.2) is 22.6 Å². The first-order valence-electron chi connectivity index (χ1n) is 6.31. The predicted molar refractivity (Wildman–Crippen MR) is 70.2 cm³/mol. The van der Waals surface area contributed by atoms with E-state index in [2.05, 4.69) is 49.0 Å². The highest BCUT2D eigenvalue weighted by Gasteiger charge is 2.28. The van der Waals surface area contributed by atoms with Gasteiger partial charge >= 0.3 is 0 Å². The average Bonchev–Trinajstić information content (AvgIpc) is 2.84. The highest BCUT2D eigenvalue weighted by Crippen LogP contribution is 2.30. The van der Waals surface area contributed by atoms with E-state index in [0.29, 0.717) is 11.8 Å². The maximum atomic E-state index is 4.83. The number of fused-ring (bicyclic) bond motifs is 1. The van der Waals surface area contributed by atoms with Crippen LogP contribution in [0.2, 0.25) is 0 Å². The molecule has 0 aliphatic carbocycles. The van der Waals surface area contributed by atoms with Gasteiger partial charge in [0, 0.05) is 19.5 Å². The number of aromatic nitrogens is 2. The summed E-state index contributed by atoms with van der Waals surface area (Å²) in [4.78, 5) is 4.83. The highest BCUT2D eigenvalue weighted by atomic mass is 15.1. The Morgan fingerprint density at radius 1 is 1.35 bits per heavy atom. The summed E-state index contributed by atoms with van der Waals surface area (Å²) in [5.41, 5.74) is 3.71. The Morgan fingerprint density at radius 3 is 2.82 bits per heavy atom. The van der Waals surface area contributed by atoms with Crippen molar-refractivity contribution in [2.75, 3.05) is 13.1 Å². The SMILES string of the molecule is Cc1cccc2nc([C@@H]3CNC[C@H]3C)n(C)c12. The van der Waals surface area contributed by atoms with Crippen LogP contribution >= 0.6 is 0 Å². The van der Waals surface area contributed by atoms with Crippen LogP contribution < -0.4 is 5.32 Å². The molecule has 1 fully saturated rings. The first kappa shape index (κ1) is 10.8. The molecule has 0 unspecified atom stereocenters. The van der Waals surface area contributed by atoms with Crippen molar-refractivity contribution >= 4 is 11.0 Å². The van der Waals surface area contributed by atoms with Crippen LogP contribution in [0, 0.1) is 12.8 Å². The van der Waals surface area contributed by atoms with Gasteiger partial charge in [-0.15, -0.1) is 0 Å². The average molecular weight is 229 g/mol. The molecule has 1 N–H and O–H groups in total. The van der Waals surface area contributed by atoms with E-state index in [9.17, 15) is 0 Å². The molecule has 2 atom stereocenters. The zero-order chi connectivity index (χ0) is 12.0.